The summed E-state index contributed by atoms with van der Waals surface area (Å²) in [6, 6.07) is 7.47. The Morgan fingerprint density at radius 1 is 1.33 bits per heavy atom. The van der Waals surface area contributed by atoms with Crippen LogP contribution >= 0.6 is 0 Å². The van der Waals surface area contributed by atoms with Crippen LogP contribution in [0.15, 0.2) is 24.3 Å². The van der Waals surface area contributed by atoms with E-state index in [0.29, 0.717) is 18.9 Å². The van der Waals surface area contributed by atoms with Crippen molar-refractivity contribution >= 4 is 5.97 Å². The van der Waals surface area contributed by atoms with Crippen LogP contribution < -0.4 is 10.1 Å². The lowest BCUT2D eigenvalue weighted by molar-refractivity contribution is -0.151. The maximum atomic E-state index is 12.2. The monoisotopic (exact) mass is 251 g/mol. The number of rotatable bonds is 6. The molecule has 1 aromatic rings. The van der Waals surface area contributed by atoms with Crippen LogP contribution in [-0.2, 0) is 15.1 Å². The van der Waals surface area contributed by atoms with Gasteiger partial charge in [0.25, 0.3) is 0 Å². The lowest BCUT2D eigenvalue weighted by Crippen LogP contribution is -2.47. The summed E-state index contributed by atoms with van der Waals surface area (Å²) in [6.07, 6.45) is 0. The quantitative estimate of drug-likeness (QED) is 0.786. The van der Waals surface area contributed by atoms with E-state index in [9.17, 15) is 4.79 Å². The van der Waals surface area contributed by atoms with Gasteiger partial charge in [0.1, 0.15) is 11.3 Å². The van der Waals surface area contributed by atoms with E-state index in [1.165, 1.54) is 0 Å². The molecule has 1 rings (SSSR count). The van der Waals surface area contributed by atoms with Crippen LogP contribution in [0.5, 0.6) is 5.75 Å². The molecule has 0 saturated heterocycles. The lowest BCUT2D eigenvalue weighted by atomic mass is 9.91. The minimum Gasteiger partial charge on any atom is -0.496 e. The molecule has 18 heavy (non-hydrogen) atoms. The number of benzene rings is 1. The summed E-state index contributed by atoms with van der Waals surface area (Å²) >= 11 is 0. The van der Waals surface area contributed by atoms with Crippen molar-refractivity contribution in [2.24, 2.45) is 0 Å². The fourth-order valence-corrected chi connectivity index (χ4v) is 1.96. The average Bonchev–Trinajstić information content (AvgIpc) is 2.39. The summed E-state index contributed by atoms with van der Waals surface area (Å²) in [5.41, 5.74) is -0.107. The second-order valence-corrected chi connectivity index (χ2v) is 4.08. The number of nitrogens with one attached hydrogen (secondary N) is 1. The molecule has 0 aromatic heterocycles. The summed E-state index contributed by atoms with van der Waals surface area (Å²) < 4.78 is 10.5. The SMILES string of the molecule is CCNC(C)(C(=O)OCC)c1ccccc1OC. The second-order valence-electron chi connectivity index (χ2n) is 4.08. The molecular weight excluding hydrogens is 230 g/mol. The molecule has 0 amide bonds. The molecular formula is C14H21NO3. The fourth-order valence-electron chi connectivity index (χ4n) is 1.96. The molecule has 0 aliphatic rings. The number of carbonyl (C=O) groups is 1. The molecule has 4 heteroatoms. The molecule has 0 aliphatic carbocycles. The number of esters is 1. The van der Waals surface area contributed by atoms with Crippen molar-refractivity contribution in [3.8, 4) is 5.75 Å². The average molecular weight is 251 g/mol. The van der Waals surface area contributed by atoms with E-state index in [-0.39, 0.29) is 5.97 Å². The van der Waals surface area contributed by atoms with Crippen LogP contribution in [0.25, 0.3) is 0 Å². The molecule has 1 aromatic carbocycles. The largest absolute Gasteiger partial charge is 0.496 e. The molecule has 4 nitrogen and oxygen atoms in total. The van der Waals surface area contributed by atoms with E-state index >= 15 is 0 Å². The molecule has 1 atom stereocenters. The minimum atomic E-state index is -0.892. The van der Waals surface area contributed by atoms with Crippen molar-refractivity contribution in [1.82, 2.24) is 5.32 Å². The van der Waals surface area contributed by atoms with Crippen molar-refractivity contribution < 1.29 is 14.3 Å². The van der Waals surface area contributed by atoms with E-state index in [1.807, 2.05) is 38.1 Å². The Hall–Kier alpha value is -1.55. The molecule has 1 N–H and O–H groups in total. The molecule has 0 spiro atoms. The molecule has 0 radical (unpaired) electrons. The number of likely N-dealkylation sites (N-methyl/N-ethyl adjacent to an activating group) is 1. The van der Waals surface area contributed by atoms with E-state index < -0.39 is 5.54 Å². The Balaban J connectivity index is 3.21. The van der Waals surface area contributed by atoms with Crippen LogP contribution in [0.4, 0.5) is 0 Å². The van der Waals surface area contributed by atoms with Crippen molar-refractivity contribution in [3.63, 3.8) is 0 Å². The number of methoxy groups -OCH3 is 1. The maximum Gasteiger partial charge on any atom is 0.330 e. The molecule has 0 heterocycles. The van der Waals surface area contributed by atoms with E-state index in [1.54, 1.807) is 14.0 Å². The zero-order chi connectivity index (χ0) is 13.6. The Bertz CT molecular complexity index is 406. The van der Waals surface area contributed by atoms with Crippen molar-refractivity contribution in [1.29, 1.82) is 0 Å². The van der Waals surface area contributed by atoms with Gasteiger partial charge in [-0.05, 0) is 26.5 Å². The van der Waals surface area contributed by atoms with Crippen LogP contribution in [0.3, 0.4) is 0 Å². The number of hydrogen-bond donors (Lipinski definition) is 1. The first-order chi connectivity index (χ1) is 8.60. The number of ether oxygens (including phenoxy) is 2. The number of hydrogen-bond acceptors (Lipinski definition) is 4. The Kier molecular flexibility index (Phi) is 5.16. The van der Waals surface area contributed by atoms with Gasteiger partial charge in [-0.2, -0.15) is 0 Å². The maximum absolute atomic E-state index is 12.2. The Morgan fingerprint density at radius 3 is 2.56 bits per heavy atom. The number of carbonyl (C=O) groups excluding carboxylic acids is 1. The standard InChI is InChI=1S/C14H21NO3/c1-5-15-14(3,13(16)18-6-2)11-9-7-8-10-12(11)17-4/h7-10,15H,5-6H2,1-4H3. The summed E-state index contributed by atoms with van der Waals surface area (Å²) in [5, 5.41) is 3.18. The van der Waals surface area contributed by atoms with Crippen molar-refractivity contribution in [3.05, 3.63) is 29.8 Å². The van der Waals surface area contributed by atoms with Gasteiger partial charge >= 0.3 is 5.97 Å². The zero-order valence-electron chi connectivity index (χ0n) is 11.4. The highest BCUT2D eigenvalue weighted by atomic mass is 16.5. The van der Waals surface area contributed by atoms with Gasteiger partial charge in [0.2, 0.25) is 0 Å². The molecule has 100 valence electrons. The molecule has 0 fully saturated rings. The third-order valence-electron chi connectivity index (χ3n) is 2.86. The van der Waals surface area contributed by atoms with Gasteiger partial charge in [0.15, 0.2) is 0 Å². The lowest BCUT2D eigenvalue weighted by Gasteiger charge is -2.29. The molecule has 0 aliphatic heterocycles. The van der Waals surface area contributed by atoms with Gasteiger partial charge < -0.3 is 9.47 Å². The summed E-state index contributed by atoms with van der Waals surface area (Å²) in [4.78, 5) is 12.2. The fraction of sp³-hybridized carbons (Fsp3) is 0.500. The molecule has 0 saturated carbocycles. The zero-order valence-corrected chi connectivity index (χ0v) is 11.4. The summed E-state index contributed by atoms with van der Waals surface area (Å²) in [6.45, 7) is 6.58. The first-order valence-electron chi connectivity index (χ1n) is 6.15. The second kappa shape index (κ2) is 6.40. The predicted octanol–water partition coefficient (Wildman–Crippen LogP) is 2.08. The highest BCUT2D eigenvalue weighted by Crippen LogP contribution is 2.30. The van der Waals surface area contributed by atoms with Gasteiger partial charge in [-0.3, -0.25) is 5.32 Å². The minimum absolute atomic E-state index is 0.295. The predicted molar refractivity (Wildman–Crippen MR) is 70.7 cm³/mol. The van der Waals surface area contributed by atoms with Gasteiger partial charge in [0, 0.05) is 5.56 Å². The van der Waals surface area contributed by atoms with Gasteiger partial charge in [-0.15, -0.1) is 0 Å². The van der Waals surface area contributed by atoms with Gasteiger partial charge in [-0.25, -0.2) is 4.79 Å². The van der Waals surface area contributed by atoms with Crippen LogP contribution in [0.2, 0.25) is 0 Å². The van der Waals surface area contributed by atoms with E-state index in [4.69, 9.17) is 9.47 Å². The highest BCUT2D eigenvalue weighted by molar-refractivity contribution is 5.83. The third-order valence-corrected chi connectivity index (χ3v) is 2.86. The summed E-state index contributed by atoms with van der Waals surface area (Å²) in [5.74, 6) is 0.380. The van der Waals surface area contributed by atoms with Gasteiger partial charge in [-0.1, -0.05) is 25.1 Å². The molecule has 1 unspecified atom stereocenters. The van der Waals surface area contributed by atoms with E-state index in [0.717, 1.165) is 5.56 Å². The van der Waals surface area contributed by atoms with Crippen LogP contribution in [0, 0.1) is 0 Å². The van der Waals surface area contributed by atoms with Crippen LogP contribution in [-0.4, -0.2) is 26.2 Å². The van der Waals surface area contributed by atoms with Crippen molar-refractivity contribution in [2.45, 2.75) is 26.3 Å². The summed E-state index contributed by atoms with van der Waals surface area (Å²) in [7, 11) is 1.59. The van der Waals surface area contributed by atoms with Gasteiger partial charge in [0.05, 0.1) is 13.7 Å². The van der Waals surface area contributed by atoms with E-state index in [2.05, 4.69) is 5.32 Å². The van der Waals surface area contributed by atoms with Crippen LogP contribution in [0.1, 0.15) is 26.3 Å². The first-order valence-corrected chi connectivity index (χ1v) is 6.15. The molecule has 0 bridgehead atoms. The smallest absolute Gasteiger partial charge is 0.330 e. The highest BCUT2D eigenvalue weighted by Gasteiger charge is 2.38. The third kappa shape index (κ3) is 2.82. The Labute approximate surface area is 108 Å². The topological polar surface area (TPSA) is 47.6 Å². The number of para-hydroxylation sites is 1. The Morgan fingerprint density at radius 2 is 2.00 bits per heavy atom. The first kappa shape index (κ1) is 14.5. The normalized spacial score (nSPS) is 13.8. The van der Waals surface area contributed by atoms with Crippen molar-refractivity contribution in [2.75, 3.05) is 20.3 Å².